The van der Waals surface area contributed by atoms with Gasteiger partial charge in [-0.2, -0.15) is 0 Å². The van der Waals surface area contributed by atoms with Gasteiger partial charge in [-0.15, -0.1) is 24.0 Å². The maximum absolute atomic E-state index is 5.50. The van der Waals surface area contributed by atoms with Gasteiger partial charge in [-0.1, -0.05) is 44.2 Å². The molecule has 0 fully saturated rings. The number of rotatable bonds is 14. The lowest BCUT2D eigenvalue weighted by molar-refractivity contribution is 0.0698. The van der Waals surface area contributed by atoms with Crippen molar-refractivity contribution >= 4 is 29.9 Å². The molecule has 1 aromatic carbocycles. The van der Waals surface area contributed by atoms with Gasteiger partial charge in [0.05, 0.1) is 25.8 Å². The third kappa shape index (κ3) is 11.2. The van der Waals surface area contributed by atoms with Crippen LogP contribution in [0.2, 0.25) is 0 Å². The molecule has 0 bridgehead atoms. The summed E-state index contributed by atoms with van der Waals surface area (Å²) in [4.78, 5) is 7.30. The highest BCUT2D eigenvalue weighted by atomic mass is 127. The van der Waals surface area contributed by atoms with Gasteiger partial charge in [0, 0.05) is 26.8 Å². The molecule has 162 valence electrons. The van der Waals surface area contributed by atoms with Gasteiger partial charge in [0.2, 0.25) is 0 Å². The zero-order valence-electron chi connectivity index (χ0n) is 17.9. The number of aliphatic imine (C=N–C) groups is 1. The standard InChI is InChI=1S/C21H38N4O2.HI/c1-5-22-21(23-14-11-15-27-17-16-26-4)24-18-20(25(6-2)7-3)19-12-9-8-10-13-19;/h8-10,12-13,20H,5-7,11,14-18H2,1-4H3,(H2,22,23,24);1H. The number of likely N-dealkylation sites (N-methyl/N-ethyl adjacent to an activating group) is 1. The molecule has 0 aliphatic heterocycles. The summed E-state index contributed by atoms with van der Waals surface area (Å²) in [5.41, 5.74) is 1.31. The van der Waals surface area contributed by atoms with Crippen LogP contribution in [0.4, 0.5) is 0 Å². The molecule has 1 aromatic rings. The molecule has 28 heavy (non-hydrogen) atoms. The van der Waals surface area contributed by atoms with E-state index in [0.717, 1.165) is 51.7 Å². The minimum Gasteiger partial charge on any atom is -0.382 e. The summed E-state index contributed by atoms with van der Waals surface area (Å²) in [6.45, 7) is 12.9. The fourth-order valence-electron chi connectivity index (χ4n) is 2.92. The number of methoxy groups -OCH3 is 1. The molecule has 0 aliphatic rings. The van der Waals surface area contributed by atoms with Crippen LogP contribution >= 0.6 is 24.0 Å². The van der Waals surface area contributed by atoms with Crippen molar-refractivity contribution in [2.75, 3.05) is 59.7 Å². The normalized spacial score (nSPS) is 12.5. The Morgan fingerprint density at radius 2 is 1.75 bits per heavy atom. The molecule has 6 nitrogen and oxygen atoms in total. The van der Waals surface area contributed by atoms with Gasteiger partial charge in [0.1, 0.15) is 0 Å². The van der Waals surface area contributed by atoms with Gasteiger partial charge in [0.25, 0.3) is 0 Å². The second kappa shape index (κ2) is 18.1. The Hall–Kier alpha value is -0.900. The maximum atomic E-state index is 5.50. The highest BCUT2D eigenvalue weighted by molar-refractivity contribution is 14.0. The number of nitrogens with one attached hydrogen (secondary N) is 2. The Labute approximate surface area is 188 Å². The second-order valence-electron chi connectivity index (χ2n) is 6.25. The van der Waals surface area contributed by atoms with Crippen molar-refractivity contribution in [2.45, 2.75) is 33.2 Å². The Morgan fingerprint density at radius 3 is 2.36 bits per heavy atom. The van der Waals surface area contributed by atoms with Crippen molar-refractivity contribution in [3.8, 4) is 0 Å². The Kier molecular flexibility index (Phi) is 17.6. The average molecular weight is 506 g/mol. The first kappa shape index (κ1) is 27.1. The maximum Gasteiger partial charge on any atom is 0.191 e. The molecule has 0 radical (unpaired) electrons. The number of guanidine groups is 1. The van der Waals surface area contributed by atoms with Gasteiger partial charge >= 0.3 is 0 Å². The van der Waals surface area contributed by atoms with Crippen LogP contribution in [0.1, 0.15) is 38.8 Å². The molecule has 1 unspecified atom stereocenters. The van der Waals surface area contributed by atoms with E-state index in [1.807, 2.05) is 0 Å². The molecule has 0 heterocycles. The predicted molar refractivity (Wildman–Crippen MR) is 129 cm³/mol. The van der Waals surface area contributed by atoms with Crippen LogP contribution in [-0.2, 0) is 9.47 Å². The third-order valence-corrected chi connectivity index (χ3v) is 4.39. The Bertz CT molecular complexity index is 498. The molecule has 0 spiro atoms. The van der Waals surface area contributed by atoms with Crippen molar-refractivity contribution in [2.24, 2.45) is 4.99 Å². The molecule has 0 saturated heterocycles. The third-order valence-electron chi connectivity index (χ3n) is 4.39. The monoisotopic (exact) mass is 506 g/mol. The fourth-order valence-corrected chi connectivity index (χ4v) is 2.92. The molecular formula is C21H39IN4O2. The minimum absolute atomic E-state index is 0. The summed E-state index contributed by atoms with van der Waals surface area (Å²) >= 11 is 0. The molecule has 7 heteroatoms. The minimum atomic E-state index is 0. The number of halogens is 1. The number of nitrogens with zero attached hydrogens (tertiary/aromatic N) is 2. The average Bonchev–Trinajstić information content (AvgIpc) is 2.70. The molecule has 2 N–H and O–H groups in total. The van der Waals surface area contributed by atoms with Crippen LogP contribution in [-0.4, -0.2) is 70.5 Å². The van der Waals surface area contributed by atoms with Crippen molar-refractivity contribution in [3.63, 3.8) is 0 Å². The zero-order valence-corrected chi connectivity index (χ0v) is 20.3. The van der Waals surface area contributed by atoms with Crippen LogP contribution in [0.5, 0.6) is 0 Å². The van der Waals surface area contributed by atoms with E-state index in [0.29, 0.717) is 13.2 Å². The molecule has 0 saturated carbocycles. The molecule has 0 aliphatic carbocycles. The summed E-state index contributed by atoms with van der Waals surface area (Å²) in [5, 5.41) is 6.74. The van der Waals surface area contributed by atoms with Crippen molar-refractivity contribution < 1.29 is 9.47 Å². The van der Waals surface area contributed by atoms with Crippen LogP contribution in [0, 0.1) is 0 Å². The summed E-state index contributed by atoms with van der Waals surface area (Å²) in [5.74, 6) is 0.863. The van der Waals surface area contributed by atoms with E-state index in [4.69, 9.17) is 14.5 Å². The highest BCUT2D eigenvalue weighted by Crippen LogP contribution is 2.20. The van der Waals surface area contributed by atoms with E-state index in [2.05, 4.69) is 66.6 Å². The smallest absolute Gasteiger partial charge is 0.191 e. The van der Waals surface area contributed by atoms with Gasteiger partial charge < -0.3 is 20.1 Å². The summed E-state index contributed by atoms with van der Waals surface area (Å²) in [6, 6.07) is 10.9. The molecule has 1 rings (SSSR count). The topological polar surface area (TPSA) is 58.1 Å². The molecule has 0 aromatic heterocycles. The van der Waals surface area contributed by atoms with Crippen molar-refractivity contribution in [1.82, 2.24) is 15.5 Å². The predicted octanol–water partition coefficient (Wildman–Crippen LogP) is 3.30. The lowest BCUT2D eigenvalue weighted by atomic mass is 10.1. The van der Waals surface area contributed by atoms with Crippen molar-refractivity contribution in [1.29, 1.82) is 0 Å². The van der Waals surface area contributed by atoms with E-state index < -0.39 is 0 Å². The van der Waals surface area contributed by atoms with Crippen LogP contribution < -0.4 is 10.6 Å². The fraction of sp³-hybridized carbons (Fsp3) is 0.667. The SMILES string of the molecule is CCNC(=NCC(c1ccccc1)N(CC)CC)NCCCOCCOC.I. The van der Waals surface area contributed by atoms with Gasteiger partial charge in [-0.3, -0.25) is 9.89 Å². The van der Waals surface area contributed by atoms with E-state index in [-0.39, 0.29) is 30.0 Å². The summed E-state index contributed by atoms with van der Waals surface area (Å²) in [6.07, 6.45) is 0.937. The molecule has 0 amide bonds. The van der Waals surface area contributed by atoms with Crippen molar-refractivity contribution in [3.05, 3.63) is 35.9 Å². The van der Waals surface area contributed by atoms with Gasteiger partial charge in [0.15, 0.2) is 5.96 Å². The second-order valence-corrected chi connectivity index (χ2v) is 6.25. The van der Waals surface area contributed by atoms with Crippen LogP contribution in [0.15, 0.2) is 35.3 Å². The molecular weight excluding hydrogens is 467 g/mol. The summed E-state index contributed by atoms with van der Waals surface area (Å²) in [7, 11) is 1.69. The quantitative estimate of drug-likeness (QED) is 0.176. The van der Waals surface area contributed by atoms with E-state index in [1.54, 1.807) is 7.11 Å². The zero-order chi connectivity index (χ0) is 19.7. The number of hydrogen-bond acceptors (Lipinski definition) is 4. The van der Waals surface area contributed by atoms with Gasteiger partial charge in [-0.25, -0.2) is 0 Å². The number of benzene rings is 1. The van der Waals surface area contributed by atoms with Crippen LogP contribution in [0.3, 0.4) is 0 Å². The first-order valence-corrected chi connectivity index (χ1v) is 10.1. The van der Waals surface area contributed by atoms with E-state index in [1.165, 1.54) is 5.56 Å². The Morgan fingerprint density at radius 1 is 1.04 bits per heavy atom. The van der Waals surface area contributed by atoms with E-state index >= 15 is 0 Å². The first-order chi connectivity index (χ1) is 13.3. The highest BCUT2D eigenvalue weighted by Gasteiger charge is 2.17. The lowest BCUT2D eigenvalue weighted by Gasteiger charge is -2.29. The van der Waals surface area contributed by atoms with Gasteiger partial charge in [-0.05, 0) is 32.0 Å². The number of hydrogen-bond donors (Lipinski definition) is 2. The largest absolute Gasteiger partial charge is 0.382 e. The Balaban J connectivity index is 0.00000729. The van der Waals surface area contributed by atoms with Crippen LogP contribution in [0.25, 0.3) is 0 Å². The lowest BCUT2D eigenvalue weighted by Crippen LogP contribution is -2.39. The molecule has 1 atom stereocenters. The summed E-state index contributed by atoms with van der Waals surface area (Å²) < 4.78 is 10.5. The van der Waals surface area contributed by atoms with E-state index in [9.17, 15) is 0 Å². The first-order valence-electron chi connectivity index (χ1n) is 10.1. The number of ether oxygens (including phenoxy) is 2.